The van der Waals surface area contributed by atoms with E-state index in [1.54, 1.807) is 12.1 Å². The molecule has 0 aliphatic carbocycles. The fourth-order valence-electron chi connectivity index (χ4n) is 2.18. The third-order valence-corrected chi connectivity index (χ3v) is 4.64. The fraction of sp³-hybridized carbons (Fsp3) is 0.235. The van der Waals surface area contributed by atoms with Gasteiger partial charge in [0, 0.05) is 24.4 Å². The number of aryl methyl sites for hydroxylation is 2. The molecule has 23 heavy (non-hydrogen) atoms. The van der Waals surface area contributed by atoms with E-state index < -0.39 is 4.92 Å². The second kappa shape index (κ2) is 7.28. The van der Waals surface area contributed by atoms with Crippen molar-refractivity contribution in [3.05, 3.63) is 68.8 Å². The molecule has 0 saturated carbocycles. The maximum Gasteiger partial charge on any atom is 0.283 e. The fourth-order valence-corrected chi connectivity index (χ4v) is 3.25. The van der Waals surface area contributed by atoms with Crippen molar-refractivity contribution in [1.29, 1.82) is 0 Å². The number of benzene rings is 2. The van der Waals surface area contributed by atoms with Gasteiger partial charge in [0.2, 0.25) is 0 Å². The molecule has 2 rings (SSSR count). The van der Waals surface area contributed by atoms with E-state index in [0.29, 0.717) is 10.6 Å². The molecule has 1 N–H and O–H groups in total. The van der Waals surface area contributed by atoms with Crippen LogP contribution in [-0.4, -0.2) is 17.9 Å². The zero-order chi connectivity index (χ0) is 17.0. The first kappa shape index (κ1) is 17.0. The molecule has 6 heteroatoms. The van der Waals surface area contributed by atoms with Gasteiger partial charge in [-0.15, -0.1) is 11.8 Å². The van der Waals surface area contributed by atoms with Gasteiger partial charge in [0.25, 0.3) is 11.6 Å². The van der Waals surface area contributed by atoms with E-state index in [9.17, 15) is 14.9 Å². The van der Waals surface area contributed by atoms with Crippen molar-refractivity contribution in [3.63, 3.8) is 0 Å². The molecule has 0 spiro atoms. The van der Waals surface area contributed by atoms with Crippen LogP contribution in [0, 0.1) is 24.0 Å². The summed E-state index contributed by atoms with van der Waals surface area (Å²) in [6, 6.07) is 10.8. The Morgan fingerprint density at radius 2 is 1.96 bits per heavy atom. The van der Waals surface area contributed by atoms with Crippen molar-refractivity contribution in [2.75, 3.05) is 7.05 Å². The molecular weight excluding hydrogens is 312 g/mol. The van der Waals surface area contributed by atoms with Crippen LogP contribution in [0.5, 0.6) is 0 Å². The molecule has 5 nitrogen and oxygen atoms in total. The normalized spacial score (nSPS) is 10.4. The van der Waals surface area contributed by atoms with E-state index in [1.807, 2.05) is 26.0 Å². The van der Waals surface area contributed by atoms with Crippen LogP contribution in [0.15, 0.2) is 41.3 Å². The smallest absolute Gasteiger partial charge is 0.283 e. The van der Waals surface area contributed by atoms with Gasteiger partial charge in [0.05, 0.1) is 9.82 Å². The number of amides is 1. The summed E-state index contributed by atoms with van der Waals surface area (Å²) >= 11 is 1.41. The largest absolute Gasteiger partial charge is 0.355 e. The van der Waals surface area contributed by atoms with Crippen LogP contribution in [0.1, 0.15) is 27.0 Å². The summed E-state index contributed by atoms with van der Waals surface area (Å²) < 4.78 is 0. The van der Waals surface area contributed by atoms with Gasteiger partial charge in [-0.05, 0) is 37.1 Å². The molecule has 1 amide bonds. The lowest BCUT2D eigenvalue weighted by atomic mass is 10.1. The number of hydrogen-bond donors (Lipinski definition) is 1. The van der Waals surface area contributed by atoms with Gasteiger partial charge in [0.1, 0.15) is 0 Å². The minimum atomic E-state index is -0.447. The second-order valence-corrected chi connectivity index (χ2v) is 6.25. The Hall–Kier alpha value is -2.34. The van der Waals surface area contributed by atoms with Gasteiger partial charge in [-0.1, -0.05) is 23.8 Å². The molecule has 0 saturated heterocycles. The van der Waals surface area contributed by atoms with Gasteiger partial charge in [-0.2, -0.15) is 0 Å². The predicted octanol–water partition coefficient (Wildman–Crippen LogP) is 3.86. The van der Waals surface area contributed by atoms with Crippen LogP contribution in [0.2, 0.25) is 0 Å². The van der Waals surface area contributed by atoms with E-state index in [1.165, 1.54) is 24.9 Å². The number of thioether (sulfide) groups is 1. The Labute approximate surface area is 139 Å². The average Bonchev–Trinajstić information content (AvgIpc) is 2.54. The summed E-state index contributed by atoms with van der Waals surface area (Å²) in [4.78, 5) is 23.0. The first-order valence-electron chi connectivity index (χ1n) is 7.12. The van der Waals surface area contributed by atoms with Crippen LogP contribution in [-0.2, 0) is 5.75 Å². The number of nitro benzene ring substituents is 1. The van der Waals surface area contributed by atoms with Gasteiger partial charge in [-0.3, -0.25) is 14.9 Å². The lowest BCUT2D eigenvalue weighted by Gasteiger charge is -2.08. The SMILES string of the molecule is CNC(=O)c1ccc(SCc2cc(C)ccc2C)c([N+](=O)[O-])c1. The Balaban J connectivity index is 2.27. The number of carbonyl (C=O) groups is 1. The van der Waals surface area contributed by atoms with Crippen LogP contribution < -0.4 is 5.32 Å². The Morgan fingerprint density at radius 1 is 1.22 bits per heavy atom. The van der Waals surface area contributed by atoms with Crippen molar-refractivity contribution in [2.24, 2.45) is 0 Å². The lowest BCUT2D eigenvalue weighted by Crippen LogP contribution is -2.17. The molecule has 0 atom stereocenters. The highest BCUT2D eigenvalue weighted by atomic mass is 32.2. The monoisotopic (exact) mass is 330 g/mol. The number of hydrogen-bond acceptors (Lipinski definition) is 4. The molecular formula is C17H18N2O3S. The van der Waals surface area contributed by atoms with Crippen LogP contribution >= 0.6 is 11.8 Å². The topological polar surface area (TPSA) is 72.2 Å². The Bertz CT molecular complexity index is 759. The molecule has 0 aliphatic rings. The van der Waals surface area contributed by atoms with Crippen LogP contribution in [0.4, 0.5) is 5.69 Å². The predicted molar refractivity (Wildman–Crippen MR) is 92.0 cm³/mol. The zero-order valence-electron chi connectivity index (χ0n) is 13.3. The highest BCUT2D eigenvalue weighted by Crippen LogP contribution is 2.33. The minimum absolute atomic E-state index is 0.0404. The van der Waals surface area contributed by atoms with E-state index in [0.717, 1.165) is 16.7 Å². The summed E-state index contributed by atoms with van der Waals surface area (Å²) in [7, 11) is 1.50. The minimum Gasteiger partial charge on any atom is -0.355 e. The van der Waals surface area contributed by atoms with E-state index in [2.05, 4.69) is 11.4 Å². The number of carbonyl (C=O) groups excluding carboxylic acids is 1. The van der Waals surface area contributed by atoms with Crippen molar-refractivity contribution in [3.8, 4) is 0 Å². The summed E-state index contributed by atoms with van der Waals surface area (Å²) in [6.07, 6.45) is 0. The molecule has 0 aromatic heterocycles. The molecule has 0 aliphatic heterocycles. The third-order valence-electron chi connectivity index (χ3n) is 3.53. The van der Waals surface area contributed by atoms with Crippen molar-refractivity contribution >= 4 is 23.4 Å². The van der Waals surface area contributed by atoms with Crippen LogP contribution in [0.3, 0.4) is 0 Å². The number of nitrogens with one attached hydrogen (secondary N) is 1. The Kier molecular flexibility index (Phi) is 5.39. The van der Waals surface area contributed by atoms with E-state index in [4.69, 9.17) is 0 Å². The molecule has 120 valence electrons. The van der Waals surface area contributed by atoms with Gasteiger partial charge < -0.3 is 5.32 Å². The molecule has 0 radical (unpaired) electrons. The molecule has 0 heterocycles. The highest BCUT2D eigenvalue weighted by Gasteiger charge is 2.17. The molecule has 0 unspecified atom stereocenters. The maximum absolute atomic E-state index is 11.6. The van der Waals surface area contributed by atoms with Crippen LogP contribution in [0.25, 0.3) is 0 Å². The third kappa shape index (κ3) is 4.10. The van der Waals surface area contributed by atoms with Gasteiger partial charge in [-0.25, -0.2) is 0 Å². The lowest BCUT2D eigenvalue weighted by molar-refractivity contribution is -0.387. The molecule has 2 aromatic rings. The standard InChI is InChI=1S/C17H18N2O3S/c1-11-4-5-12(2)14(8-11)10-23-16-7-6-13(17(20)18-3)9-15(16)19(21)22/h4-9H,10H2,1-3H3,(H,18,20). The summed E-state index contributed by atoms with van der Waals surface area (Å²) in [5.41, 5.74) is 3.72. The molecule has 2 aromatic carbocycles. The number of nitrogens with zero attached hydrogens (tertiary/aromatic N) is 1. The van der Waals surface area contributed by atoms with Crippen molar-refractivity contribution in [1.82, 2.24) is 5.32 Å². The molecule has 0 bridgehead atoms. The summed E-state index contributed by atoms with van der Waals surface area (Å²) in [5, 5.41) is 13.7. The van der Waals surface area contributed by atoms with E-state index >= 15 is 0 Å². The Morgan fingerprint density at radius 3 is 2.61 bits per heavy atom. The zero-order valence-corrected chi connectivity index (χ0v) is 14.1. The summed E-state index contributed by atoms with van der Waals surface area (Å²) in [5.74, 6) is 0.312. The first-order chi connectivity index (χ1) is 10.9. The average molecular weight is 330 g/mol. The van der Waals surface area contributed by atoms with Gasteiger partial charge >= 0.3 is 0 Å². The van der Waals surface area contributed by atoms with E-state index in [-0.39, 0.29) is 17.2 Å². The summed E-state index contributed by atoms with van der Waals surface area (Å²) in [6.45, 7) is 4.05. The van der Waals surface area contributed by atoms with Crippen molar-refractivity contribution in [2.45, 2.75) is 24.5 Å². The van der Waals surface area contributed by atoms with Crippen molar-refractivity contribution < 1.29 is 9.72 Å². The highest BCUT2D eigenvalue weighted by molar-refractivity contribution is 7.98. The maximum atomic E-state index is 11.6. The van der Waals surface area contributed by atoms with Gasteiger partial charge in [0.15, 0.2) is 0 Å². The quantitative estimate of drug-likeness (QED) is 0.513. The molecule has 0 fully saturated rings. The number of rotatable bonds is 5. The first-order valence-corrected chi connectivity index (χ1v) is 8.10. The number of nitro groups is 1. The second-order valence-electron chi connectivity index (χ2n) is 5.24.